The van der Waals surface area contributed by atoms with Gasteiger partial charge in [0, 0.05) is 44.7 Å². The molecular formula is C21H28N4O2. The molecular weight excluding hydrogens is 340 g/mol. The maximum atomic E-state index is 12.7. The number of fused-ring (bicyclic) bond motifs is 1. The van der Waals surface area contributed by atoms with E-state index in [4.69, 9.17) is 0 Å². The topological polar surface area (TPSA) is 55.9 Å². The average molecular weight is 368 g/mol. The van der Waals surface area contributed by atoms with E-state index in [-0.39, 0.29) is 11.9 Å². The van der Waals surface area contributed by atoms with Crippen molar-refractivity contribution in [2.75, 3.05) is 51.1 Å². The van der Waals surface area contributed by atoms with Crippen LogP contribution in [0.4, 0.5) is 10.5 Å². The highest BCUT2D eigenvalue weighted by atomic mass is 16.2. The summed E-state index contributed by atoms with van der Waals surface area (Å²) >= 11 is 0. The molecule has 144 valence electrons. The minimum atomic E-state index is -0.0823. The van der Waals surface area contributed by atoms with E-state index in [0.29, 0.717) is 19.6 Å². The molecule has 0 atom stereocenters. The van der Waals surface area contributed by atoms with Gasteiger partial charge in [0.25, 0.3) is 0 Å². The van der Waals surface area contributed by atoms with Gasteiger partial charge in [-0.1, -0.05) is 36.4 Å². The third-order valence-corrected chi connectivity index (χ3v) is 5.17. The lowest BCUT2D eigenvalue weighted by Crippen LogP contribution is -2.52. The molecule has 3 rings (SSSR count). The van der Waals surface area contributed by atoms with Crippen molar-refractivity contribution in [3.05, 3.63) is 42.5 Å². The fraction of sp³-hybridized carbons (Fsp3) is 0.429. The van der Waals surface area contributed by atoms with Crippen molar-refractivity contribution in [3.63, 3.8) is 0 Å². The Morgan fingerprint density at radius 1 is 0.963 bits per heavy atom. The second-order valence-corrected chi connectivity index (χ2v) is 6.79. The quantitative estimate of drug-likeness (QED) is 0.883. The van der Waals surface area contributed by atoms with Crippen molar-refractivity contribution < 1.29 is 9.59 Å². The zero-order valence-electron chi connectivity index (χ0n) is 16.1. The number of rotatable bonds is 5. The Balaban J connectivity index is 1.55. The van der Waals surface area contributed by atoms with E-state index >= 15 is 0 Å². The highest BCUT2D eigenvalue weighted by molar-refractivity contribution is 6.01. The monoisotopic (exact) mass is 368 g/mol. The number of hydrogen-bond acceptors (Lipinski definition) is 3. The van der Waals surface area contributed by atoms with Gasteiger partial charge >= 0.3 is 6.03 Å². The van der Waals surface area contributed by atoms with E-state index in [0.717, 1.165) is 42.6 Å². The minimum absolute atomic E-state index is 0.0823. The lowest BCUT2D eigenvalue weighted by Gasteiger charge is -2.35. The van der Waals surface area contributed by atoms with Crippen LogP contribution in [0.15, 0.2) is 42.5 Å². The number of nitrogens with zero attached hydrogens (tertiary/aromatic N) is 3. The van der Waals surface area contributed by atoms with Gasteiger partial charge in [-0.3, -0.25) is 9.69 Å². The van der Waals surface area contributed by atoms with Crippen molar-refractivity contribution in [1.82, 2.24) is 14.7 Å². The number of benzene rings is 2. The van der Waals surface area contributed by atoms with Gasteiger partial charge in [-0.05, 0) is 25.3 Å². The summed E-state index contributed by atoms with van der Waals surface area (Å²) in [5.41, 5.74) is 0.831. The smallest absolute Gasteiger partial charge is 0.321 e. The summed E-state index contributed by atoms with van der Waals surface area (Å²) in [5, 5.41) is 5.19. The Kier molecular flexibility index (Phi) is 6.29. The summed E-state index contributed by atoms with van der Waals surface area (Å²) in [6, 6.07) is 13.9. The molecule has 3 amide bonds. The molecule has 0 aliphatic carbocycles. The van der Waals surface area contributed by atoms with Crippen LogP contribution in [0, 0.1) is 0 Å². The first-order valence-corrected chi connectivity index (χ1v) is 9.66. The molecule has 1 saturated heterocycles. The van der Waals surface area contributed by atoms with Crippen LogP contribution in [-0.2, 0) is 4.79 Å². The molecule has 0 radical (unpaired) electrons. The summed E-state index contributed by atoms with van der Waals surface area (Å²) in [4.78, 5) is 30.7. The van der Waals surface area contributed by atoms with E-state index in [9.17, 15) is 9.59 Å². The number of carbonyl (C=O) groups is 2. The van der Waals surface area contributed by atoms with Crippen LogP contribution in [0.25, 0.3) is 10.8 Å². The minimum Gasteiger partial charge on any atom is -0.342 e. The SMILES string of the molecule is CCN(CC)C(=O)CN1CCN(C(=O)Nc2cccc3ccccc23)CC1. The first-order chi connectivity index (χ1) is 13.1. The number of anilines is 1. The van der Waals surface area contributed by atoms with Gasteiger partial charge in [-0.2, -0.15) is 0 Å². The van der Waals surface area contributed by atoms with Crippen molar-refractivity contribution in [3.8, 4) is 0 Å². The predicted octanol–water partition coefficient (Wildman–Crippen LogP) is 2.86. The summed E-state index contributed by atoms with van der Waals surface area (Å²) in [7, 11) is 0. The summed E-state index contributed by atoms with van der Waals surface area (Å²) < 4.78 is 0. The molecule has 0 bridgehead atoms. The first kappa shape index (κ1) is 19.2. The van der Waals surface area contributed by atoms with Crippen LogP contribution in [0.2, 0.25) is 0 Å². The number of hydrogen-bond donors (Lipinski definition) is 1. The van der Waals surface area contributed by atoms with E-state index in [2.05, 4.69) is 10.2 Å². The molecule has 6 nitrogen and oxygen atoms in total. The number of carbonyl (C=O) groups excluding carboxylic acids is 2. The molecule has 1 heterocycles. The molecule has 0 aromatic heterocycles. The molecule has 1 N–H and O–H groups in total. The lowest BCUT2D eigenvalue weighted by molar-refractivity contribution is -0.132. The summed E-state index contributed by atoms with van der Waals surface area (Å²) in [6.45, 7) is 8.59. The Bertz CT molecular complexity index is 790. The lowest BCUT2D eigenvalue weighted by atomic mass is 10.1. The predicted molar refractivity (Wildman–Crippen MR) is 109 cm³/mol. The molecule has 1 aliphatic heterocycles. The molecule has 2 aromatic rings. The number of amides is 3. The maximum Gasteiger partial charge on any atom is 0.321 e. The number of piperazine rings is 1. The average Bonchev–Trinajstić information content (AvgIpc) is 2.70. The first-order valence-electron chi connectivity index (χ1n) is 9.66. The van der Waals surface area contributed by atoms with Crippen molar-refractivity contribution in [1.29, 1.82) is 0 Å². The largest absolute Gasteiger partial charge is 0.342 e. The Morgan fingerprint density at radius 2 is 1.63 bits per heavy atom. The molecule has 0 spiro atoms. The van der Waals surface area contributed by atoms with E-state index in [1.54, 1.807) is 0 Å². The van der Waals surface area contributed by atoms with Crippen LogP contribution in [-0.4, -0.2) is 72.5 Å². The van der Waals surface area contributed by atoms with E-state index < -0.39 is 0 Å². The number of likely N-dealkylation sites (N-methyl/N-ethyl adjacent to an activating group) is 1. The number of urea groups is 1. The number of nitrogens with one attached hydrogen (secondary N) is 1. The normalized spacial score (nSPS) is 15.0. The molecule has 0 saturated carbocycles. The van der Waals surface area contributed by atoms with Gasteiger partial charge in [0.1, 0.15) is 0 Å². The maximum absolute atomic E-state index is 12.7. The highest BCUT2D eigenvalue weighted by Gasteiger charge is 2.23. The molecule has 1 fully saturated rings. The summed E-state index contributed by atoms with van der Waals surface area (Å²) in [6.07, 6.45) is 0. The third kappa shape index (κ3) is 4.57. The van der Waals surface area contributed by atoms with Crippen LogP contribution >= 0.6 is 0 Å². The van der Waals surface area contributed by atoms with E-state index in [1.807, 2.05) is 66.1 Å². The van der Waals surface area contributed by atoms with Gasteiger partial charge in [0.15, 0.2) is 0 Å². The van der Waals surface area contributed by atoms with Crippen LogP contribution in [0.3, 0.4) is 0 Å². The Morgan fingerprint density at radius 3 is 2.33 bits per heavy atom. The molecule has 1 aliphatic rings. The van der Waals surface area contributed by atoms with Crippen molar-refractivity contribution in [2.24, 2.45) is 0 Å². The van der Waals surface area contributed by atoms with Crippen LogP contribution < -0.4 is 5.32 Å². The fourth-order valence-corrected chi connectivity index (χ4v) is 3.51. The van der Waals surface area contributed by atoms with Gasteiger partial charge in [-0.25, -0.2) is 4.79 Å². The van der Waals surface area contributed by atoms with Gasteiger partial charge < -0.3 is 15.1 Å². The third-order valence-electron chi connectivity index (χ3n) is 5.17. The molecule has 27 heavy (non-hydrogen) atoms. The second-order valence-electron chi connectivity index (χ2n) is 6.79. The Labute approximate surface area is 160 Å². The van der Waals surface area contributed by atoms with Gasteiger partial charge in [-0.15, -0.1) is 0 Å². The fourth-order valence-electron chi connectivity index (χ4n) is 3.51. The Hall–Kier alpha value is -2.60. The van der Waals surface area contributed by atoms with Gasteiger partial charge in [0.05, 0.1) is 12.2 Å². The molecule has 2 aromatic carbocycles. The zero-order valence-corrected chi connectivity index (χ0v) is 16.1. The molecule has 6 heteroatoms. The van der Waals surface area contributed by atoms with E-state index in [1.165, 1.54) is 0 Å². The van der Waals surface area contributed by atoms with Crippen molar-refractivity contribution in [2.45, 2.75) is 13.8 Å². The van der Waals surface area contributed by atoms with Crippen molar-refractivity contribution >= 4 is 28.4 Å². The second kappa shape index (κ2) is 8.86. The van der Waals surface area contributed by atoms with Crippen LogP contribution in [0.5, 0.6) is 0 Å². The van der Waals surface area contributed by atoms with Crippen LogP contribution in [0.1, 0.15) is 13.8 Å². The van der Waals surface area contributed by atoms with Gasteiger partial charge in [0.2, 0.25) is 5.91 Å². The molecule has 0 unspecified atom stereocenters. The summed E-state index contributed by atoms with van der Waals surface area (Å²) in [5.74, 6) is 0.161. The zero-order chi connectivity index (χ0) is 19.2. The standard InChI is InChI=1S/C21H28N4O2/c1-3-24(4-2)20(26)16-23-12-14-25(15-13-23)21(27)22-19-11-7-9-17-8-5-6-10-18(17)19/h5-11H,3-4,12-16H2,1-2H3,(H,22,27). The highest BCUT2D eigenvalue weighted by Crippen LogP contribution is 2.23.